The van der Waals surface area contributed by atoms with Crippen LogP contribution in [0.5, 0.6) is 0 Å². The van der Waals surface area contributed by atoms with E-state index in [0.717, 1.165) is 16.8 Å². The van der Waals surface area contributed by atoms with E-state index in [1.165, 1.54) is 16.8 Å². The highest BCUT2D eigenvalue weighted by molar-refractivity contribution is 9.10. The number of carbonyl (C=O) groups is 2. The van der Waals surface area contributed by atoms with Gasteiger partial charge in [-0.1, -0.05) is 18.2 Å². The number of carbonyl (C=O) groups excluding carboxylic acids is 2. The Morgan fingerprint density at radius 3 is 2.42 bits per heavy atom. The molecule has 0 saturated carbocycles. The number of aromatic nitrogens is 1. The van der Waals surface area contributed by atoms with Gasteiger partial charge in [0.1, 0.15) is 6.54 Å². The zero-order valence-electron chi connectivity index (χ0n) is 13.4. The highest BCUT2D eigenvalue weighted by Gasteiger charge is 2.10. The van der Waals surface area contributed by atoms with Gasteiger partial charge in [0.2, 0.25) is 11.8 Å². The molecule has 1 aromatic heterocycles. The van der Waals surface area contributed by atoms with Gasteiger partial charge < -0.3 is 15.2 Å². The molecule has 0 atom stereocenters. The maximum absolute atomic E-state index is 12.0. The molecule has 0 spiro atoms. The van der Waals surface area contributed by atoms with Crippen LogP contribution in [0, 0.1) is 13.8 Å². The molecule has 126 valence electrons. The van der Waals surface area contributed by atoms with E-state index in [1.54, 1.807) is 6.07 Å². The zero-order valence-corrected chi connectivity index (χ0v) is 15.0. The quantitative estimate of drug-likeness (QED) is 0.817. The monoisotopic (exact) mass is 391 g/mol. The van der Waals surface area contributed by atoms with Crippen LogP contribution in [0.1, 0.15) is 11.1 Å². The van der Waals surface area contributed by atoms with Gasteiger partial charge in [-0.3, -0.25) is 14.4 Å². The molecule has 7 heteroatoms. The van der Waals surface area contributed by atoms with Gasteiger partial charge in [0.05, 0.1) is 6.54 Å². The largest absolute Gasteiger partial charge is 0.345 e. The van der Waals surface area contributed by atoms with Gasteiger partial charge in [-0.25, -0.2) is 0 Å². The molecular formula is C17H18BrN3O3. The minimum absolute atomic E-state index is 0.144. The number of hydrogen-bond acceptors (Lipinski definition) is 3. The van der Waals surface area contributed by atoms with Crippen molar-refractivity contribution >= 4 is 33.4 Å². The normalized spacial score (nSPS) is 10.3. The van der Waals surface area contributed by atoms with Gasteiger partial charge in [-0.2, -0.15) is 0 Å². The Labute approximate surface area is 148 Å². The summed E-state index contributed by atoms with van der Waals surface area (Å²) in [7, 11) is 0. The molecule has 0 radical (unpaired) electrons. The lowest BCUT2D eigenvalue weighted by atomic mass is 10.1. The van der Waals surface area contributed by atoms with Crippen molar-refractivity contribution in [2.45, 2.75) is 20.4 Å². The molecule has 2 amide bonds. The molecule has 1 aromatic carbocycles. The molecule has 0 aliphatic carbocycles. The van der Waals surface area contributed by atoms with E-state index in [1.807, 2.05) is 32.0 Å². The van der Waals surface area contributed by atoms with E-state index in [0.29, 0.717) is 4.47 Å². The summed E-state index contributed by atoms with van der Waals surface area (Å²) in [6.45, 7) is 3.51. The highest BCUT2D eigenvalue weighted by Crippen LogP contribution is 2.18. The van der Waals surface area contributed by atoms with E-state index < -0.39 is 5.91 Å². The fourth-order valence-corrected chi connectivity index (χ4v) is 2.59. The number of rotatable bonds is 5. The van der Waals surface area contributed by atoms with Crippen LogP contribution in [0.25, 0.3) is 0 Å². The van der Waals surface area contributed by atoms with Crippen LogP contribution in [-0.4, -0.2) is 22.9 Å². The molecule has 0 saturated heterocycles. The summed E-state index contributed by atoms with van der Waals surface area (Å²) in [5, 5.41) is 5.30. The van der Waals surface area contributed by atoms with Crippen LogP contribution in [0.15, 0.2) is 45.8 Å². The number of nitrogens with zero attached hydrogens (tertiary/aromatic N) is 1. The van der Waals surface area contributed by atoms with Crippen molar-refractivity contribution in [2.24, 2.45) is 0 Å². The average molecular weight is 392 g/mol. The van der Waals surface area contributed by atoms with Gasteiger partial charge >= 0.3 is 0 Å². The zero-order chi connectivity index (χ0) is 17.7. The molecular weight excluding hydrogens is 374 g/mol. The Kier molecular flexibility index (Phi) is 5.92. The Hall–Kier alpha value is -2.41. The average Bonchev–Trinajstić information content (AvgIpc) is 2.53. The molecule has 2 N–H and O–H groups in total. The molecule has 1 heterocycles. The second-order valence-electron chi connectivity index (χ2n) is 5.41. The summed E-state index contributed by atoms with van der Waals surface area (Å²) in [5.74, 6) is -0.728. The van der Waals surface area contributed by atoms with Gasteiger partial charge in [0, 0.05) is 22.4 Å². The second kappa shape index (κ2) is 7.92. The van der Waals surface area contributed by atoms with E-state index in [4.69, 9.17) is 0 Å². The van der Waals surface area contributed by atoms with Crippen molar-refractivity contribution < 1.29 is 9.59 Å². The Balaban J connectivity index is 1.91. The first-order valence-electron chi connectivity index (χ1n) is 7.35. The number of halogens is 1. The Bertz CT molecular complexity index is 810. The van der Waals surface area contributed by atoms with Crippen molar-refractivity contribution in [2.75, 3.05) is 11.9 Å². The summed E-state index contributed by atoms with van der Waals surface area (Å²) in [5.41, 5.74) is 2.37. The van der Waals surface area contributed by atoms with Crippen molar-refractivity contribution in [1.29, 1.82) is 0 Å². The number of aryl methyl sites for hydroxylation is 2. The number of nitrogens with one attached hydrogen (secondary N) is 2. The minimum atomic E-state index is -0.410. The third-order valence-electron chi connectivity index (χ3n) is 3.45. The lowest BCUT2D eigenvalue weighted by molar-refractivity contribution is -0.124. The van der Waals surface area contributed by atoms with E-state index in [9.17, 15) is 14.4 Å². The van der Waals surface area contributed by atoms with Gasteiger partial charge in [-0.15, -0.1) is 0 Å². The van der Waals surface area contributed by atoms with Crippen LogP contribution in [0.2, 0.25) is 0 Å². The molecule has 2 aromatic rings. The molecule has 24 heavy (non-hydrogen) atoms. The van der Waals surface area contributed by atoms with Crippen LogP contribution >= 0.6 is 15.9 Å². The van der Waals surface area contributed by atoms with E-state index in [2.05, 4.69) is 26.6 Å². The van der Waals surface area contributed by atoms with Crippen molar-refractivity contribution in [1.82, 2.24) is 9.88 Å². The molecule has 6 nitrogen and oxygen atoms in total. The first-order chi connectivity index (χ1) is 11.4. The fourth-order valence-electron chi connectivity index (χ4n) is 2.21. The molecule has 0 fully saturated rings. The molecule has 0 aliphatic heterocycles. The van der Waals surface area contributed by atoms with E-state index in [-0.39, 0.29) is 24.6 Å². The number of anilines is 1. The van der Waals surface area contributed by atoms with Gasteiger partial charge in [0.15, 0.2) is 0 Å². The smallest absolute Gasteiger partial charge is 0.251 e. The van der Waals surface area contributed by atoms with Crippen LogP contribution in [0.3, 0.4) is 0 Å². The maximum atomic E-state index is 12.0. The lowest BCUT2D eigenvalue weighted by Gasteiger charge is -2.12. The Morgan fingerprint density at radius 2 is 1.75 bits per heavy atom. The summed E-state index contributed by atoms with van der Waals surface area (Å²) >= 11 is 3.24. The third-order valence-corrected chi connectivity index (χ3v) is 3.92. The second-order valence-corrected chi connectivity index (χ2v) is 6.32. The summed E-state index contributed by atoms with van der Waals surface area (Å²) in [6.07, 6.45) is 1.53. The number of para-hydroxylation sites is 1. The minimum Gasteiger partial charge on any atom is -0.345 e. The molecule has 2 rings (SSSR count). The predicted octanol–water partition coefficient (Wildman–Crippen LogP) is 1.98. The van der Waals surface area contributed by atoms with Crippen molar-refractivity contribution in [3.63, 3.8) is 0 Å². The first-order valence-corrected chi connectivity index (χ1v) is 8.15. The molecule has 0 aliphatic rings. The number of pyridine rings is 1. The molecule has 0 bridgehead atoms. The predicted molar refractivity (Wildman–Crippen MR) is 96.0 cm³/mol. The lowest BCUT2D eigenvalue weighted by Crippen LogP contribution is -2.37. The molecule has 0 unspecified atom stereocenters. The highest BCUT2D eigenvalue weighted by atomic mass is 79.9. The SMILES string of the molecule is Cc1cccc(C)c1NC(=O)CNC(=O)Cn1cc(Br)ccc1=O. The summed E-state index contributed by atoms with van der Waals surface area (Å²) < 4.78 is 1.96. The van der Waals surface area contributed by atoms with Crippen LogP contribution < -0.4 is 16.2 Å². The maximum Gasteiger partial charge on any atom is 0.251 e. The van der Waals surface area contributed by atoms with Gasteiger partial charge in [-0.05, 0) is 47.0 Å². The third kappa shape index (κ3) is 4.79. The number of benzene rings is 1. The number of amides is 2. The van der Waals surface area contributed by atoms with Crippen molar-refractivity contribution in [3.8, 4) is 0 Å². The summed E-state index contributed by atoms with van der Waals surface area (Å²) in [6, 6.07) is 8.69. The van der Waals surface area contributed by atoms with Crippen molar-refractivity contribution in [3.05, 3.63) is 62.5 Å². The summed E-state index contributed by atoms with van der Waals surface area (Å²) in [4.78, 5) is 35.5. The number of hydrogen-bond donors (Lipinski definition) is 2. The van der Waals surface area contributed by atoms with Gasteiger partial charge in [0.25, 0.3) is 5.56 Å². The standard InChI is InChI=1S/C17H18BrN3O3/c1-11-4-3-5-12(2)17(11)20-14(22)8-19-15(23)10-21-9-13(18)6-7-16(21)24/h3-7,9H,8,10H2,1-2H3,(H,19,23)(H,20,22). The first kappa shape index (κ1) is 17.9. The van der Waals surface area contributed by atoms with Crippen LogP contribution in [-0.2, 0) is 16.1 Å². The Morgan fingerprint density at radius 1 is 1.08 bits per heavy atom. The van der Waals surface area contributed by atoms with E-state index >= 15 is 0 Å². The topological polar surface area (TPSA) is 80.2 Å². The fraction of sp³-hybridized carbons (Fsp3) is 0.235. The van der Waals surface area contributed by atoms with Crippen LogP contribution in [0.4, 0.5) is 5.69 Å².